The predicted octanol–water partition coefficient (Wildman–Crippen LogP) is 3.73. The molecule has 0 saturated carbocycles. The molecular formula is C18H21N3OS. The maximum absolute atomic E-state index is 12.9. The molecule has 3 rings (SSSR count). The number of aromatic nitrogens is 2. The van der Waals surface area contributed by atoms with E-state index in [-0.39, 0.29) is 5.91 Å². The third-order valence-corrected chi connectivity index (χ3v) is 5.14. The van der Waals surface area contributed by atoms with Crippen LogP contribution in [0, 0.1) is 6.92 Å². The Hall–Kier alpha value is -2.01. The van der Waals surface area contributed by atoms with E-state index in [1.54, 1.807) is 17.5 Å². The zero-order valence-electron chi connectivity index (χ0n) is 13.6. The van der Waals surface area contributed by atoms with Crippen molar-refractivity contribution >= 4 is 22.8 Å². The van der Waals surface area contributed by atoms with Crippen LogP contribution in [-0.2, 0) is 6.42 Å². The third-order valence-electron chi connectivity index (χ3n) is 3.93. The molecule has 2 aromatic heterocycles. The standard InChI is InChI=1S/C18H21N3OS/c1-3-7-16-20-13(2)17(23-16)18(22)21-11-6-8-14(12-21)15-9-4-5-10-19-15/h4-5,8-10H,3,6-7,11-12H2,1-2H3. The summed E-state index contributed by atoms with van der Waals surface area (Å²) in [6.07, 6.45) is 6.85. The summed E-state index contributed by atoms with van der Waals surface area (Å²) in [6, 6.07) is 5.89. The van der Waals surface area contributed by atoms with E-state index in [2.05, 4.69) is 23.0 Å². The number of amides is 1. The van der Waals surface area contributed by atoms with Gasteiger partial charge in [-0.2, -0.15) is 0 Å². The Morgan fingerprint density at radius 2 is 2.26 bits per heavy atom. The van der Waals surface area contributed by atoms with Crippen LogP contribution < -0.4 is 0 Å². The molecule has 23 heavy (non-hydrogen) atoms. The van der Waals surface area contributed by atoms with Crippen molar-refractivity contribution < 1.29 is 4.79 Å². The second-order valence-corrected chi connectivity index (χ2v) is 6.82. The highest BCUT2D eigenvalue weighted by molar-refractivity contribution is 7.13. The molecular weight excluding hydrogens is 306 g/mol. The van der Waals surface area contributed by atoms with Gasteiger partial charge in [0.15, 0.2) is 0 Å². The van der Waals surface area contributed by atoms with E-state index in [1.165, 1.54) is 0 Å². The van der Waals surface area contributed by atoms with Crippen molar-refractivity contribution in [3.63, 3.8) is 0 Å². The number of nitrogens with zero attached hydrogens (tertiary/aromatic N) is 3. The summed E-state index contributed by atoms with van der Waals surface area (Å²) in [7, 11) is 0. The number of rotatable bonds is 4. The smallest absolute Gasteiger partial charge is 0.266 e. The van der Waals surface area contributed by atoms with Crippen LogP contribution in [0.25, 0.3) is 5.57 Å². The molecule has 1 amide bonds. The van der Waals surface area contributed by atoms with Gasteiger partial charge in [0.05, 0.1) is 16.4 Å². The number of hydrogen-bond donors (Lipinski definition) is 0. The zero-order chi connectivity index (χ0) is 16.2. The van der Waals surface area contributed by atoms with Gasteiger partial charge in [-0.05, 0) is 43.9 Å². The van der Waals surface area contributed by atoms with E-state index < -0.39 is 0 Å². The highest BCUT2D eigenvalue weighted by Gasteiger charge is 2.24. The van der Waals surface area contributed by atoms with Gasteiger partial charge in [0, 0.05) is 19.3 Å². The number of aryl methyl sites for hydroxylation is 2. The Labute approximate surface area is 140 Å². The summed E-state index contributed by atoms with van der Waals surface area (Å²) in [5.41, 5.74) is 2.94. The molecule has 0 fully saturated rings. The third kappa shape index (κ3) is 3.50. The van der Waals surface area contributed by atoms with Gasteiger partial charge in [-0.15, -0.1) is 11.3 Å². The quantitative estimate of drug-likeness (QED) is 0.859. The van der Waals surface area contributed by atoms with Gasteiger partial charge in [-0.25, -0.2) is 4.98 Å². The summed E-state index contributed by atoms with van der Waals surface area (Å²) in [6.45, 7) is 5.45. The Kier molecular flexibility index (Phi) is 4.86. The lowest BCUT2D eigenvalue weighted by atomic mass is 10.1. The Morgan fingerprint density at radius 3 is 3.00 bits per heavy atom. The van der Waals surface area contributed by atoms with Crippen LogP contribution in [0.15, 0.2) is 30.5 Å². The predicted molar refractivity (Wildman–Crippen MR) is 93.6 cm³/mol. The fourth-order valence-electron chi connectivity index (χ4n) is 2.77. The molecule has 1 aliphatic heterocycles. The monoisotopic (exact) mass is 327 g/mol. The highest BCUT2D eigenvalue weighted by atomic mass is 32.1. The van der Waals surface area contributed by atoms with E-state index in [4.69, 9.17) is 0 Å². The van der Waals surface area contributed by atoms with Gasteiger partial charge >= 0.3 is 0 Å². The fraction of sp³-hybridized carbons (Fsp3) is 0.389. The maximum atomic E-state index is 12.9. The van der Waals surface area contributed by atoms with Gasteiger partial charge in [-0.3, -0.25) is 9.78 Å². The zero-order valence-corrected chi connectivity index (χ0v) is 14.4. The van der Waals surface area contributed by atoms with Crippen LogP contribution >= 0.6 is 11.3 Å². The number of thiazole rings is 1. The SMILES string of the molecule is CCCc1nc(C)c(C(=O)N2CCC=C(c3ccccn3)C2)s1. The van der Waals surface area contributed by atoms with Crippen molar-refractivity contribution in [2.75, 3.05) is 13.1 Å². The molecule has 0 bridgehead atoms. The Bertz CT molecular complexity index is 721. The lowest BCUT2D eigenvalue weighted by Crippen LogP contribution is -2.35. The lowest BCUT2D eigenvalue weighted by Gasteiger charge is -2.27. The van der Waals surface area contributed by atoms with Gasteiger partial charge in [-0.1, -0.05) is 19.1 Å². The number of pyridine rings is 1. The van der Waals surface area contributed by atoms with E-state index in [0.29, 0.717) is 6.54 Å². The van der Waals surface area contributed by atoms with E-state index in [1.807, 2.05) is 30.0 Å². The number of carbonyl (C=O) groups excluding carboxylic acids is 1. The minimum atomic E-state index is 0.101. The average molecular weight is 327 g/mol. The second-order valence-electron chi connectivity index (χ2n) is 5.73. The first kappa shape index (κ1) is 15.9. The summed E-state index contributed by atoms with van der Waals surface area (Å²) in [5.74, 6) is 0.101. The van der Waals surface area contributed by atoms with Crippen molar-refractivity contribution in [2.45, 2.75) is 33.1 Å². The molecule has 0 aromatic carbocycles. The molecule has 0 unspecified atom stereocenters. The molecule has 0 saturated heterocycles. The first-order valence-corrected chi connectivity index (χ1v) is 8.86. The molecule has 2 aromatic rings. The summed E-state index contributed by atoms with van der Waals surface area (Å²) in [5, 5.41) is 1.06. The van der Waals surface area contributed by atoms with Crippen LogP contribution in [0.2, 0.25) is 0 Å². The van der Waals surface area contributed by atoms with Crippen molar-refractivity contribution in [2.24, 2.45) is 0 Å². The van der Waals surface area contributed by atoms with E-state index in [9.17, 15) is 4.79 Å². The van der Waals surface area contributed by atoms with Crippen molar-refractivity contribution in [1.82, 2.24) is 14.9 Å². The van der Waals surface area contributed by atoms with Crippen LogP contribution in [-0.4, -0.2) is 33.9 Å². The maximum Gasteiger partial charge on any atom is 0.266 e. The van der Waals surface area contributed by atoms with Crippen molar-refractivity contribution in [3.8, 4) is 0 Å². The molecule has 4 nitrogen and oxygen atoms in total. The summed E-state index contributed by atoms with van der Waals surface area (Å²) in [4.78, 5) is 24.5. The molecule has 0 radical (unpaired) electrons. The molecule has 120 valence electrons. The minimum absolute atomic E-state index is 0.101. The van der Waals surface area contributed by atoms with E-state index >= 15 is 0 Å². The molecule has 0 aliphatic carbocycles. The minimum Gasteiger partial charge on any atom is -0.333 e. The van der Waals surface area contributed by atoms with Gasteiger partial charge < -0.3 is 4.90 Å². The van der Waals surface area contributed by atoms with Gasteiger partial charge in [0.2, 0.25) is 0 Å². The fourth-order valence-corrected chi connectivity index (χ4v) is 3.90. The van der Waals surface area contributed by atoms with Gasteiger partial charge in [0.25, 0.3) is 5.91 Å². The molecule has 0 N–H and O–H groups in total. The highest BCUT2D eigenvalue weighted by Crippen LogP contribution is 2.25. The molecule has 1 aliphatic rings. The molecule has 0 spiro atoms. The number of carbonyl (C=O) groups is 1. The van der Waals surface area contributed by atoms with Gasteiger partial charge in [0.1, 0.15) is 4.88 Å². The largest absolute Gasteiger partial charge is 0.333 e. The topological polar surface area (TPSA) is 46.1 Å². The molecule has 0 atom stereocenters. The Balaban J connectivity index is 1.77. The lowest BCUT2D eigenvalue weighted by molar-refractivity contribution is 0.0778. The van der Waals surface area contributed by atoms with Crippen molar-refractivity contribution in [3.05, 3.63) is 51.7 Å². The van der Waals surface area contributed by atoms with Crippen LogP contribution in [0.5, 0.6) is 0 Å². The van der Waals surface area contributed by atoms with Crippen LogP contribution in [0.3, 0.4) is 0 Å². The summed E-state index contributed by atoms with van der Waals surface area (Å²) >= 11 is 1.55. The Morgan fingerprint density at radius 1 is 1.39 bits per heavy atom. The second kappa shape index (κ2) is 7.04. The van der Waals surface area contributed by atoms with Crippen molar-refractivity contribution in [1.29, 1.82) is 0 Å². The first-order chi connectivity index (χ1) is 11.2. The molecule has 5 heteroatoms. The average Bonchev–Trinajstić information content (AvgIpc) is 2.96. The number of hydrogen-bond acceptors (Lipinski definition) is 4. The van der Waals surface area contributed by atoms with E-state index in [0.717, 1.165) is 52.7 Å². The summed E-state index contributed by atoms with van der Waals surface area (Å²) < 4.78 is 0. The first-order valence-electron chi connectivity index (χ1n) is 8.05. The van der Waals surface area contributed by atoms with Crippen LogP contribution in [0.1, 0.15) is 45.8 Å². The normalized spacial score (nSPS) is 14.7. The van der Waals surface area contributed by atoms with Crippen LogP contribution in [0.4, 0.5) is 0 Å². The molecule has 3 heterocycles.